The maximum absolute atomic E-state index is 12.2. The van der Waals surface area contributed by atoms with Gasteiger partial charge in [-0.1, -0.05) is 48.6 Å². The molecule has 0 aliphatic heterocycles. The Hall–Kier alpha value is -2.40. The molecule has 2 rings (SSSR count). The first-order valence-corrected chi connectivity index (χ1v) is 7.92. The van der Waals surface area contributed by atoms with Crippen LogP contribution in [0.1, 0.15) is 15.9 Å². The summed E-state index contributed by atoms with van der Waals surface area (Å²) < 4.78 is 24.3. The highest BCUT2D eigenvalue weighted by Crippen LogP contribution is 2.14. The molecule has 0 saturated carbocycles. The van der Waals surface area contributed by atoms with Crippen LogP contribution < -0.4 is 0 Å². The highest BCUT2D eigenvalue weighted by molar-refractivity contribution is 7.91. The van der Waals surface area contributed by atoms with E-state index >= 15 is 0 Å². The lowest BCUT2D eigenvalue weighted by Crippen LogP contribution is -2.06. The summed E-state index contributed by atoms with van der Waals surface area (Å²) in [5.41, 5.74) is 0.870. The third kappa shape index (κ3) is 4.03. The Balaban J connectivity index is 2.17. The standard InChI is InChI=1S/C16H14O4S/c17-16(18)14-9-4-10-15(12-14)21(19,20)11-5-8-13-6-2-1-3-7-13/h1-10,12H,11H2,(H,17,18)/b8-5+. The van der Waals surface area contributed by atoms with Gasteiger partial charge in [0.1, 0.15) is 0 Å². The van der Waals surface area contributed by atoms with Crippen LogP contribution in [0, 0.1) is 0 Å². The zero-order valence-corrected chi connectivity index (χ0v) is 12.0. The second-order valence-corrected chi connectivity index (χ2v) is 6.46. The predicted molar refractivity (Wildman–Crippen MR) is 80.9 cm³/mol. The molecule has 0 aliphatic rings. The molecule has 0 bridgehead atoms. The molecule has 0 heterocycles. The molecule has 21 heavy (non-hydrogen) atoms. The molecular weight excluding hydrogens is 288 g/mol. The molecule has 4 nitrogen and oxygen atoms in total. The van der Waals surface area contributed by atoms with E-state index in [0.29, 0.717) is 0 Å². The number of hydrogen-bond acceptors (Lipinski definition) is 3. The molecule has 1 N–H and O–H groups in total. The van der Waals surface area contributed by atoms with Crippen molar-refractivity contribution < 1.29 is 18.3 Å². The molecule has 0 aromatic heterocycles. The van der Waals surface area contributed by atoms with Gasteiger partial charge in [-0.15, -0.1) is 0 Å². The number of aromatic carboxylic acids is 1. The van der Waals surface area contributed by atoms with Crippen LogP contribution in [0.5, 0.6) is 0 Å². The topological polar surface area (TPSA) is 71.4 Å². The quantitative estimate of drug-likeness (QED) is 0.922. The van der Waals surface area contributed by atoms with Gasteiger partial charge in [0, 0.05) is 0 Å². The van der Waals surface area contributed by atoms with Gasteiger partial charge in [-0.2, -0.15) is 0 Å². The van der Waals surface area contributed by atoms with Crippen molar-refractivity contribution in [1.82, 2.24) is 0 Å². The van der Waals surface area contributed by atoms with Gasteiger partial charge in [-0.25, -0.2) is 13.2 Å². The van der Waals surface area contributed by atoms with Crippen molar-refractivity contribution in [2.75, 3.05) is 5.75 Å². The van der Waals surface area contributed by atoms with Gasteiger partial charge in [0.15, 0.2) is 9.84 Å². The van der Waals surface area contributed by atoms with Crippen molar-refractivity contribution in [3.8, 4) is 0 Å². The van der Waals surface area contributed by atoms with E-state index < -0.39 is 15.8 Å². The van der Waals surface area contributed by atoms with Gasteiger partial charge in [-0.05, 0) is 23.8 Å². The Morgan fingerprint density at radius 3 is 2.43 bits per heavy atom. The first-order chi connectivity index (χ1) is 9.99. The lowest BCUT2D eigenvalue weighted by Gasteiger charge is -2.02. The molecule has 5 heteroatoms. The molecule has 0 atom stereocenters. The fourth-order valence-corrected chi connectivity index (χ4v) is 2.93. The summed E-state index contributed by atoms with van der Waals surface area (Å²) in [6.07, 6.45) is 3.27. The summed E-state index contributed by atoms with van der Waals surface area (Å²) >= 11 is 0. The third-order valence-corrected chi connectivity index (χ3v) is 4.47. The third-order valence-electron chi connectivity index (χ3n) is 2.87. The summed E-state index contributed by atoms with van der Waals surface area (Å²) in [5.74, 6) is -1.32. The van der Waals surface area contributed by atoms with Crippen molar-refractivity contribution in [1.29, 1.82) is 0 Å². The smallest absolute Gasteiger partial charge is 0.335 e. The average molecular weight is 302 g/mol. The van der Waals surface area contributed by atoms with E-state index in [2.05, 4.69) is 0 Å². The van der Waals surface area contributed by atoms with E-state index in [-0.39, 0.29) is 16.2 Å². The van der Waals surface area contributed by atoms with E-state index in [9.17, 15) is 13.2 Å². The zero-order chi connectivity index (χ0) is 15.3. The largest absolute Gasteiger partial charge is 0.478 e. The van der Waals surface area contributed by atoms with Gasteiger partial charge in [-0.3, -0.25) is 0 Å². The number of hydrogen-bond donors (Lipinski definition) is 1. The number of carbonyl (C=O) groups is 1. The van der Waals surface area contributed by atoms with Gasteiger partial charge in [0.05, 0.1) is 16.2 Å². The minimum Gasteiger partial charge on any atom is -0.478 e. The van der Waals surface area contributed by atoms with Crippen LogP contribution in [0.25, 0.3) is 6.08 Å². The van der Waals surface area contributed by atoms with E-state index in [1.54, 1.807) is 12.2 Å². The Kier molecular flexibility index (Phi) is 4.55. The van der Waals surface area contributed by atoms with Crippen LogP contribution in [0.4, 0.5) is 0 Å². The van der Waals surface area contributed by atoms with Gasteiger partial charge in [0.25, 0.3) is 0 Å². The van der Waals surface area contributed by atoms with E-state index in [4.69, 9.17) is 5.11 Å². The Labute approximate surface area is 123 Å². The first kappa shape index (κ1) is 15.0. The van der Waals surface area contributed by atoms with Crippen LogP contribution >= 0.6 is 0 Å². The van der Waals surface area contributed by atoms with Crippen LogP contribution in [0.2, 0.25) is 0 Å². The number of carboxylic acids is 1. The van der Waals surface area contributed by atoms with E-state index in [1.165, 1.54) is 24.3 Å². The van der Waals surface area contributed by atoms with E-state index in [1.807, 2.05) is 30.3 Å². The average Bonchev–Trinajstić information content (AvgIpc) is 2.48. The highest BCUT2D eigenvalue weighted by atomic mass is 32.2. The van der Waals surface area contributed by atoms with Crippen LogP contribution in [-0.2, 0) is 9.84 Å². The first-order valence-electron chi connectivity index (χ1n) is 6.27. The number of rotatable bonds is 5. The van der Waals surface area contributed by atoms with Crippen molar-refractivity contribution in [2.24, 2.45) is 0 Å². The highest BCUT2D eigenvalue weighted by Gasteiger charge is 2.14. The molecule has 0 fully saturated rings. The van der Waals surface area contributed by atoms with Gasteiger partial charge >= 0.3 is 5.97 Å². The van der Waals surface area contributed by atoms with Gasteiger partial charge in [0.2, 0.25) is 0 Å². The van der Waals surface area contributed by atoms with E-state index in [0.717, 1.165) is 5.56 Å². The Morgan fingerprint density at radius 2 is 1.76 bits per heavy atom. The minimum absolute atomic E-state index is 0.0140. The van der Waals surface area contributed by atoms with Crippen molar-refractivity contribution in [3.63, 3.8) is 0 Å². The van der Waals surface area contributed by atoms with Crippen LogP contribution in [-0.4, -0.2) is 25.2 Å². The van der Waals surface area contributed by atoms with Crippen molar-refractivity contribution >= 4 is 21.9 Å². The molecule has 2 aromatic carbocycles. The minimum atomic E-state index is -3.54. The fourth-order valence-electron chi connectivity index (χ4n) is 1.79. The second kappa shape index (κ2) is 6.37. The lowest BCUT2D eigenvalue weighted by molar-refractivity contribution is 0.0696. The molecule has 0 spiro atoms. The monoisotopic (exact) mass is 302 g/mol. The summed E-state index contributed by atoms with van der Waals surface area (Å²) in [4.78, 5) is 10.9. The second-order valence-electron chi connectivity index (χ2n) is 4.43. The fraction of sp³-hybridized carbons (Fsp3) is 0.0625. The molecular formula is C16H14O4S. The molecule has 0 aliphatic carbocycles. The number of benzene rings is 2. The number of sulfone groups is 1. The molecule has 0 radical (unpaired) electrons. The van der Waals surface area contributed by atoms with Gasteiger partial charge < -0.3 is 5.11 Å². The van der Waals surface area contributed by atoms with Crippen LogP contribution in [0.15, 0.2) is 65.6 Å². The van der Waals surface area contributed by atoms with Crippen molar-refractivity contribution in [2.45, 2.75) is 4.90 Å². The summed E-state index contributed by atoms with van der Waals surface area (Å²) in [5, 5.41) is 8.89. The summed E-state index contributed by atoms with van der Waals surface area (Å²) in [6.45, 7) is 0. The maximum atomic E-state index is 12.2. The molecule has 0 saturated heterocycles. The molecule has 108 valence electrons. The molecule has 2 aromatic rings. The molecule has 0 unspecified atom stereocenters. The number of carboxylic acid groups (broad SMARTS) is 1. The predicted octanol–water partition coefficient (Wildman–Crippen LogP) is 2.87. The summed E-state index contributed by atoms with van der Waals surface area (Å²) in [7, 11) is -3.54. The van der Waals surface area contributed by atoms with Crippen LogP contribution in [0.3, 0.4) is 0 Å². The SMILES string of the molecule is O=C(O)c1cccc(S(=O)(=O)C/C=C/c2ccccc2)c1. The Morgan fingerprint density at radius 1 is 1.05 bits per heavy atom. The Bertz CT molecular complexity index is 762. The molecule has 0 amide bonds. The summed E-state index contributed by atoms with van der Waals surface area (Å²) in [6, 6.07) is 14.7. The normalized spacial score (nSPS) is 11.6. The zero-order valence-electron chi connectivity index (χ0n) is 11.1. The lowest BCUT2D eigenvalue weighted by atomic mass is 10.2. The maximum Gasteiger partial charge on any atom is 0.335 e. The van der Waals surface area contributed by atoms with Crippen molar-refractivity contribution in [3.05, 3.63) is 71.8 Å².